The first-order valence-electron chi connectivity index (χ1n) is 6.47. The fourth-order valence-electron chi connectivity index (χ4n) is 2.32. The fraction of sp³-hybridized carbons (Fsp3) is 0.429. The van der Waals surface area contributed by atoms with E-state index >= 15 is 0 Å². The molecule has 1 aliphatic heterocycles. The SMILES string of the molecule is CC(C)n1c(S[C@H]2CCOC2=O)nc2ccccc21. The number of para-hydroxylation sites is 2. The topological polar surface area (TPSA) is 44.1 Å². The zero-order valence-corrected chi connectivity index (χ0v) is 11.8. The highest BCUT2D eigenvalue weighted by Gasteiger charge is 2.29. The monoisotopic (exact) mass is 276 g/mol. The molecule has 1 saturated heterocycles. The van der Waals surface area contributed by atoms with Gasteiger partial charge in [-0.3, -0.25) is 4.79 Å². The van der Waals surface area contributed by atoms with Gasteiger partial charge in [-0.1, -0.05) is 23.9 Å². The first kappa shape index (κ1) is 12.5. The number of esters is 1. The number of hydrogen-bond acceptors (Lipinski definition) is 4. The number of hydrogen-bond donors (Lipinski definition) is 0. The van der Waals surface area contributed by atoms with Gasteiger partial charge < -0.3 is 9.30 Å². The van der Waals surface area contributed by atoms with Crippen LogP contribution in [0.15, 0.2) is 29.4 Å². The molecule has 2 heterocycles. The normalized spacial score (nSPS) is 19.3. The maximum atomic E-state index is 11.6. The Labute approximate surface area is 116 Å². The summed E-state index contributed by atoms with van der Waals surface area (Å²) < 4.78 is 7.20. The van der Waals surface area contributed by atoms with Crippen molar-refractivity contribution in [3.05, 3.63) is 24.3 Å². The van der Waals surface area contributed by atoms with Crippen molar-refractivity contribution in [3.8, 4) is 0 Å². The third-order valence-corrected chi connectivity index (χ3v) is 4.43. The van der Waals surface area contributed by atoms with Crippen molar-refractivity contribution in [3.63, 3.8) is 0 Å². The Bertz CT molecular complexity index is 621. The molecule has 100 valence electrons. The van der Waals surface area contributed by atoms with Crippen LogP contribution in [0.5, 0.6) is 0 Å². The molecule has 19 heavy (non-hydrogen) atoms. The lowest BCUT2D eigenvalue weighted by Crippen LogP contribution is -2.12. The summed E-state index contributed by atoms with van der Waals surface area (Å²) in [6.45, 7) is 4.79. The third-order valence-electron chi connectivity index (χ3n) is 3.21. The van der Waals surface area contributed by atoms with Gasteiger partial charge in [-0.15, -0.1) is 0 Å². The number of aromatic nitrogens is 2. The number of carbonyl (C=O) groups is 1. The lowest BCUT2D eigenvalue weighted by molar-refractivity contribution is -0.137. The van der Waals surface area contributed by atoms with E-state index in [1.165, 1.54) is 11.8 Å². The molecule has 0 saturated carbocycles. The summed E-state index contributed by atoms with van der Waals surface area (Å²) in [6.07, 6.45) is 0.769. The second kappa shape index (κ2) is 4.89. The van der Waals surface area contributed by atoms with E-state index in [1.807, 2.05) is 18.2 Å². The molecule has 4 nitrogen and oxygen atoms in total. The highest BCUT2D eigenvalue weighted by Crippen LogP contribution is 2.33. The van der Waals surface area contributed by atoms with Crippen LogP contribution in [0.2, 0.25) is 0 Å². The van der Waals surface area contributed by atoms with Crippen molar-refractivity contribution < 1.29 is 9.53 Å². The first-order valence-corrected chi connectivity index (χ1v) is 7.35. The van der Waals surface area contributed by atoms with Crippen LogP contribution in [0.3, 0.4) is 0 Å². The highest BCUT2D eigenvalue weighted by atomic mass is 32.2. The number of ether oxygens (including phenoxy) is 1. The second-order valence-corrected chi connectivity index (χ2v) is 6.08. The fourth-order valence-corrected chi connectivity index (χ4v) is 3.52. The van der Waals surface area contributed by atoms with Crippen molar-refractivity contribution in [2.75, 3.05) is 6.61 Å². The summed E-state index contributed by atoms with van der Waals surface area (Å²) in [6, 6.07) is 8.39. The zero-order chi connectivity index (χ0) is 13.4. The minimum atomic E-state index is -0.118. The van der Waals surface area contributed by atoms with E-state index in [-0.39, 0.29) is 11.2 Å². The second-order valence-electron chi connectivity index (χ2n) is 4.91. The Balaban J connectivity index is 2.02. The van der Waals surface area contributed by atoms with Gasteiger partial charge in [0.15, 0.2) is 5.16 Å². The number of nitrogens with zero attached hydrogens (tertiary/aromatic N) is 2. The molecule has 0 bridgehead atoms. The van der Waals surface area contributed by atoms with E-state index in [1.54, 1.807) is 0 Å². The van der Waals surface area contributed by atoms with Crippen molar-refractivity contribution in [1.29, 1.82) is 0 Å². The van der Waals surface area contributed by atoms with E-state index in [0.717, 1.165) is 22.6 Å². The molecule has 0 aliphatic carbocycles. The zero-order valence-electron chi connectivity index (χ0n) is 11.0. The number of thioether (sulfide) groups is 1. The molecule has 1 aromatic heterocycles. The summed E-state index contributed by atoms with van der Waals surface area (Å²) in [4.78, 5) is 16.2. The summed E-state index contributed by atoms with van der Waals surface area (Å²) in [5.74, 6) is -0.118. The minimum Gasteiger partial charge on any atom is -0.465 e. The Morgan fingerprint density at radius 2 is 2.21 bits per heavy atom. The van der Waals surface area contributed by atoms with Crippen LogP contribution in [0, 0.1) is 0 Å². The summed E-state index contributed by atoms with van der Waals surface area (Å²) in [7, 11) is 0. The lowest BCUT2D eigenvalue weighted by atomic mass is 10.3. The van der Waals surface area contributed by atoms with Crippen LogP contribution in [-0.2, 0) is 9.53 Å². The Kier molecular flexibility index (Phi) is 3.22. The smallest absolute Gasteiger partial charge is 0.319 e. The number of benzene rings is 1. The molecule has 1 aliphatic rings. The van der Waals surface area contributed by atoms with E-state index in [0.29, 0.717) is 12.6 Å². The average Bonchev–Trinajstić information content (AvgIpc) is 2.93. The predicted octanol–water partition coefficient (Wildman–Crippen LogP) is 3.02. The number of cyclic esters (lactones) is 1. The van der Waals surface area contributed by atoms with Crippen LogP contribution in [-0.4, -0.2) is 27.4 Å². The van der Waals surface area contributed by atoms with E-state index in [4.69, 9.17) is 4.74 Å². The molecule has 0 spiro atoms. The molecular formula is C14H16N2O2S. The molecule has 1 fully saturated rings. The Morgan fingerprint density at radius 3 is 2.89 bits per heavy atom. The molecular weight excluding hydrogens is 260 g/mol. The predicted molar refractivity (Wildman–Crippen MR) is 75.3 cm³/mol. The van der Waals surface area contributed by atoms with Gasteiger partial charge in [-0.25, -0.2) is 4.98 Å². The summed E-state index contributed by atoms with van der Waals surface area (Å²) >= 11 is 1.52. The van der Waals surface area contributed by atoms with Gasteiger partial charge in [0.25, 0.3) is 0 Å². The van der Waals surface area contributed by atoms with Gasteiger partial charge in [-0.2, -0.15) is 0 Å². The minimum absolute atomic E-state index is 0.116. The number of imidazole rings is 1. The molecule has 0 amide bonds. The maximum absolute atomic E-state index is 11.6. The van der Waals surface area contributed by atoms with Gasteiger partial charge in [0, 0.05) is 12.5 Å². The van der Waals surface area contributed by atoms with Crippen molar-refractivity contribution in [2.24, 2.45) is 0 Å². The molecule has 0 unspecified atom stereocenters. The summed E-state index contributed by atoms with van der Waals surface area (Å²) in [5.41, 5.74) is 2.09. The van der Waals surface area contributed by atoms with Crippen LogP contribution >= 0.6 is 11.8 Å². The van der Waals surface area contributed by atoms with Crippen molar-refractivity contribution in [2.45, 2.75) is 36.7 Å². The van der Waals surface area contributed by atoms with Crippen LogP contribution < -0.4 is 0 Å². The van der Waals surface area contributed by atoms with E-state index in [9.17, 15) is 4.79 Å². The highest BCUT2D eigenvalue weighted by molar-refractivity contribution is 8.00. The van der Waals surface area contributed by atoms with Gasteiger partial charge >= 0.3 is 5.97 Å². The standard InChI is InChI=1S/C14H16N2O2S/c1-9(2)16-11-6-4-3-5-10(11)15-14(16)19-12-7-8-18-13(12)17/h3-6,9,12H,7-8H2,1-2H3/t12-/m0/s1. The maximum Gasteiger partial charge on any atom is 0.319 e. The van der Waals surface area contributed by atoms with Crippen LogP contribution in [0.1, 0.15) is 26.3 Å². The third kappa shape index (κ3) is 2.23. The average molecular weight is 276 g/mol. The van der Waals surface area contributed by atoms with Crippen LogP contribution in [0.4, 0.5) is 0 Å². The van der Waals surface area contributed by atoms with E-state index in [2.05, 4.69) is 29.5 Å². The Hall–Kier alpha value is -1.49. The van der Waals surface area contributed by atoms with Crippen molar-refractivity contribution >= 4 is 28.8 Å². The van der Waals surface area contributed by atoms with Gasteiger partial charge in [0.05, 0.1) is 17.6 Å². The molecule has 5 heteroatoms. The molecule has 0 radical (unpaired) electrons. The molecule has 0 N–H and O–H groups in total. The molecule has 2 aromatic rings. The number of rotatable bonds is 3. The van der Waals surface area contributed by atoms with Gasteiger partial charge in [0.2, 0.25) is 0 Å². The quantitative estimate of drug-likeness (QED) is 0.808. The number of carbonyl (C=O) groups excluding carboxylic acids is 1. The summed E-state index contributed by atoms with van der Waals surface area (Å²) in [5, 5.41) is 0.786. The first-order chi connectivity index (χ1) is 9.16. The van der Waals surface area contributed by atoms with E-state index < -0.39 is 0 Å². The molecule has 1 atom stereocenters. The van der Waals surface area contributed by atoms with Crippen molar-refractivity contribution in [1.82, 2.24) is 9.55 Å². The van der Waals surface area contributed by atoms with Crippen LogP contribution in [0.25, 0.3) is 11.0 Å². The lowest BCUT2D eigenvalue weighted by Gasteiger charge is -2.13. The Morgan fingerprint density at radius 1 is 1.42 bits per heavy atom. The molecule has 3 rings (SSSR count). The van der Waals surface area contributed by atoms with Gasteiger partial charge in [0.1, 0.15) is 5.25 Å². The largest absolute Gasteiger partial charge is 0.465 e. The van der Waals surface area contributed by atoms with Gasteiger partial charge in [-0.05, 0) is 26.0 Å². The molecule has 1 aromatic carbocycles. The number of fused-ring (bicyclic) bond motifs is 1.